The van der Waals surface area contributed by atoms with E-state index in [9.17, 15) is 0 Å². The van der Waals surface area contributed by atoms with Gasteiger partial charge in [0.25, 0.3) is 0 Å². The fourth-order valence-corrected chi connectivity index (χ4v) is 3.79. The van der Waals surface area contributed by atoms with Crippen LogP contribution in [0.3, 0.4) is 0 Å². The molecule has 0 N–H and O–H groups in total. The van der Waals surface area contributed by atoms with Crippen molar-refractivity contribution in [3.63, 3.8) is 0 Å². The molecule has 1 unspecified atom stereocenters. The van der Waals surface area contributed by atoms with Gasteiger partial charge >= 0.3 is 0 Å². The highest BCUT2D eigenvalue weighted by Gasteiger charge is 2.11. The van der Waals surface area contributed by atoms with Crippen molar-refractivity contribution in [1.29, 1.82) is 0 Å². The number of rotatable bonds is 4. The molecule has 0 aliphatic rings. The van der Waals surface area contributed by atoms with E-state index in [0.717, 1.165) is 12.6 Å². The predicted molar refractivity (Wildman–Crippen MR) is 70.6 cm³/mol. The van der Waals surface area contributed by atoms with Gasteiger partial charge in [0.15, 0.2) is 0 Å². The van der Waals surface area contributed by atoms with Crippen LogP contribution in [0.15, 0.2) is 42.5 Å². The minimum Gasteiger partial charge on any atom is -0.100 e. The van der Waals surface area contributed by atoms with Crippen molar-refractivity contribution >= 4 is 23.1 Å². The zero-order valence-electron chi connectivity index (χ0n) is 8.86. The quantitative estimate of drug-likeness (QED) is 0.558. The van der Waals surface area contributed by atoms with Gasteiger partial charge in [-0.3, -0.25) is 0 Å². The first-order valence-electron chi connectivity index (χ1n) is 4.79. The molecule has 0 aliphatic heterocycles. The van der Waals surface area contributed by atoms with Gasteiger partial charge in [-0.15, -0.1) is 6.58 Å². The first-order chi connectivity index (χ1) is 6.52. The summed E-state index contributed by atoms with van der Waals surface area (Å²) >= 11 is 5.70. The molecule has 0 bridgehead atoms. The van der Waals surface area contributed by atoms with Crippen LogP contribution in [0.5, 0.6) is 0 Å². The molecule has 0 amide bonds. The number of hydrogen-bond acceptors (Lipinski definition) is 1. The summed E-state index contributed by atoms with van der Waals surface area (Å²) in [4.78, 5) is 0. The lowest BCUT2D eigenvalue weighted by molar-refractivity contribution is 1.12. The van der Waals surface area contributed by atoms with E-state index in [4.69, 9.17) is 11.8 Å². The Morgan fingerprint density at radius 1 is 1.36 bits per heavy atom. The Balaban J connectivity index is 2.76. The fraction of sp³-hybridized carbons (Fsp3) is 0.333. The molecule has 1 atom stereocenters. The van der Waals surface area contributed by atoms with Crippen molar-refractivity contribution in [2.75, 3.05) is 12.8 Å². The van der Waals surface area contributed by atoms with E-state index in [-0.39, 0.29) is 0 Å². The second kappa shape index (κ2) is 4.91. The molecule has 0 saturated heterocycles. The molecule has 2 heteroatoms. The Morgan fingerprint density at radius 2 is 1.93 bits per heavy atom. The van der Waals surface area contributed by atoms with Crippen LogP contribution in [0, 0.1) is 0 Å². The molecule has 76 valence electrons. The average Bonchev–Trinajstić information content (AvgIpc) is 2.16. The van der Waals surface area contributed by atoms with Gasteiger partial charge in [-0.1, -0.05) is 47.7 Å². The standard InChI is InChI=1S/C12H17PS/c1-11(2)9-10-13(3,14)12-7-5-4-6-8-12/h4-8H,1,9-10H2,2-3H3. The molecule has 0 heterocycles. The Bertz CT molecular complexity index is 354. The molecule has 0 fully saturated rings. The fourth-order valence-electron chi connectivity index (χ4n) is 1.28. The summed E-state index contributed by atoms with van der Waals surface area (Å²) in [7, 11) is 0. The van der Waals surface area contributed by atoms with Gasteiger partial charge in [0, 0.05) is 0 Å². The van der Waals surface area contributed by atoms with Crippen molar-refractivity contribution in [2.24, 2.45) is 0 Å². The lowest BCUT2D eigenvalue weighted by atomic mass is 10.3. The van der Waals surface area contributed by atoms with Crippen LogP contribution in [0.1, 0.15) is 13.3 Å². The third-order valence-corrected chi connectivity index (χ3v) is 5.92. The van der Waals surface area contributed by atoms with Crippen molar-refractivity contribution in [2.45, 2.75) is 13.3 Å². The van der Waals surface area contributed by atoms with Crippen molar-refractivity contribution in [1.82, 2.24) is 0 Å². The minimum atomic E-state index is -1.33. The van der Waals surface area contributed by atoms with E-state index >= 15 is 0 Å². The van der Waals surface area contributed by atoms with E-state index in [0.29, 0.717) is 0 Å². The summed E-state index contributed by atoms with van der Waals surface area (Å²) < 4.78 is 0. The minimum absolute atomic E-state index is 1.06. The van der Waals surface area contributed by atoms with Gasteiger partial charge in [0.2, 0.25) is 0 Å². The van der Waals surface area contributed by atoms with Crippen LogP contribution in [-0.4, -0.2) is 12.8 Å². The summed E-state index contributed by atoms with van der Waals surface area (Å²) in [5.74, 6) is 0. The van der Waals surface area contributed by atoms with Crippen molar-refractivity contribution < 1.29 is 0 Å². The van der Waals surface area contributed by atoms with E-state index in [2.05, 4.69) is 44.4 Å². The van der Waals surface area contributed by atoms with E-state index in [1.165, 1.54) is 10.9 Å². The van der Waals surface area contributed by atoms with Gasteiger partial charge in [0.05, 0.1) is 0 Å². The highest BCUT2D eigenvalue weighted by atomic mass is 32.4. The lowest BCUT2D eigenvalue weighted by Gasteiger charge is -2.16. The summed E-state index contributed by atoms with van der Waals surface area (Å²) in [6.07, 6.45) is 2.16. The van der Waals surface area contributed by atoms with Crippen LogP contribution < -0.4 is 5.30 Å². The maximum atomic E-state index is 5.70. The van der Waals surface area contributed by atoms with Crippen molar-refractivity contribution in [3.8, 4) is 0 Å². The van der Waals surface area contributed by atoms with Gasteiger partial charge < -0.3 is 0 Å². The first kappa shape index (κ1) is 11.7. The Kier molecular flexibility index (Phi) is 4.10. The maximum Gasteiger partial charge on any atom is -0.0145 e. The molecular formula is C12H17PS. The molecule has 0 nitrogen and oxygen atoms in total. The molecular weight excluding hydrogens is 207 g/mol. The molecule has 0 spiro atoms. The van der Waals surface area contributed by atoms with E-state index in [1.807, 2.05) is 6.07 Å². The Labute approximate surface area is 92.1 Å². The summed E-state index contributed by atoms with van der Waals surface area (Å²) in [5.41, 5.74) is 1.23. The zero-order chi connectivity index (χ0) is 10.6. The van der Waals surface area contributed by atoms with Gasteiger partial charge in [-0.05, 0) is 37.5 Å². The molecule has 14 heavy (non-hydrogen) atoms. The smallest absolute Gasteiger partial charge is 0.0145 e. The van der Waals surface area contributed by atoms with Crippen molar-refractivity contribution in [3.05, 3.63) is 42.5 Å². The third kappa shape index (κ3) is 3.40. The second-order valence-electron chi connectivity index (χ2n) is 3.87. The first-order valence-corrected chi connectivity index (χ1v) is 8.22. The van der Waals surface area contributed by atoms with Crippen LogP contribution in [-0.2, 0) is 11.8 Å². The van der Waals surface area contributed by atoms with E-state index in [1.54, 1.807) is 0 Å². The van der Waals surface area contributed by atoms with Gasteiger partial charge in [0.1, 0.15) is 0 Å². The number of hydrogen-bond donors (Lipinski definition) is 0. The largest absolute Gasteiger partial charge is 0.100 e. The SMILES string of the molecule is C=C(C)CCP(C)(=S)c1ccccc1. The molecule has 0 radical (unpaired) electrons. The van der Waals surface area contributed by atoms with Crippen LogP contribution in [0.4, 0.5) is 0 Å². The second-order valence-corrected chi connectivity index (χ2v) is 9.45. The number of benzene rings is 1. The maximum absolute atomic E-state index is 5.70. The molecule has 1 rings (SSSR count). The highest BCUT2D eigenvalue weighted by Crippen LogP contribution is 2.41. The predicted octanol–water partition coefficient (Wildman–Crippen LogP) is 3.39. The van der Waals surface area contributed by atoms with Crippen LogP contribution >= 0.6 is 6.04 Å². The van der Waals surface area contributed by atoms with E-state index < -0.39 is 6.04 Å². The zero-order valence-corrected chi connectivity index (χ0v) is 10.6. The molecule has 0 aromatic heterocycles. The molecule has 0 saturated carbocycles. The molecule has 1 aromatic carbocycles. The Hall–Kier alpha value is -0.390. The van der Waals surface area contributed by atoms with Crippen LogP contribution in [0.25, 0.3) is 0 Å². The Morgan fingerprint density at radius 3 is 2.43 bits per heavy atom. The molecule has 0 aliphatic carbocycles. The van der Waals surface area contributed by atoms with Gasteiger partial charge in [-0.25, -0.2) is 0 Å². The van der Waals surface area contributed by atoms with Crippen LogP contribution in [0.2, 0.25) is 0 Å². The summed E-state index contributed by atoms with van der Waals surface area (Å²) in [5, 5.41) is 1.34. The average molecular weight is 224 g/mol. The third-order valence-electron chi connectivity index (χ3n) is 2.27. The molecule has 1 aromatic rings. The summed E-state index contributed by atoms with van der Waals surface area (Å²) in [6, 6.07) is 9.16. The lowest BCUT2D eigenvalue weighted by Crippen LogP contribution is -2.05. The van der Waals surface area contributed by atoms with Gasteiger partial charge in [-0.2, -0.15) is 0 Å². The monoisotopic (exact) mass is 224 g/mol. The normalized spacial score (nSPS) is 14.7. The highest BCUT2D eigenvalue weighted by molar-refractivity contribution is 8.17. The topological polar surface area (TPSA) is 0 Å². The summed E-state index contributed by atoms with van der Waals surface area (Å²) in [6.45, 7) is 8.22. The number of allylic oxidation sites excluding steroid dienone is 1.